The average molecular weight is 1680 g/mol. The fourth-order valence-electron chi connectivity index (χ4n) is 13.6. The van der Waals surface area contributed by atoms with Crippen molar-refractivity contribution in [2.45, 2.75) is 400 Å². The largest absolute Gasteiger partial charge is 0.466 e. The topological polar surface area (TPSA) is 265 Å². The van der Waals surface area contributed by atoms with E-state index in [1.54, 1.807) is 47.0 Å². The number of rotatable bonds is 93. The van der Waals surface area contributed by atoms with E-state index >= 15 is 0 Å². The van der Waals surface area contributed by atoms with Crippen LogP contribution in [0.3, 0.4) is 0 Å². The van der Waals surface area contributed by atoms with Crippen molar-refractivity contribution in [1.29, 1.82) is 0 Å². The molecule has 0 aliphatic heterocycles. The van der Waals surface area contributed by atoms with Gasteiger partial charge in [-0.3, -0.25) is 39.1 Å². The van der Waals surface area contributed by atoms with E-state index in [0.29, 0.717) is 102 Å². The number of carbonyl (C=O) groups excluding carboxylic acids is 4. The molecule has 0 aliphatic rings. The predicted octanol–water partition coefficient (Wildman–Crippen LogP) is 22.8. The van der Waals surface area contributed by atoms with Crippen LogP contribution in [0.15, 0.2) is 20.0 Å². The summed E-state index contributed by atoms with van der Waals surface area (Å²) in [6.07, 6.45) is 64.9. The third-order valence-corrected chi connectivity index (χ3v) is 25.0. The Bertz CT molecular complexity index is 1950. The van der Waals surface area contributed by atoms with Crippen molar-refractivity contribution in [3.63, 3.8) is 0 Å². The maximum absolute atomic E-state index is 12.4. The number of aliphatic imine (C=N–C) groups is 4. The quantitative estimate of drug-likeness (QED) is 0.0145. The molecule has 0 unspecified atom stereocenters. The highest BCUT2D eigenvalue weighted by molar-refractivity contribution is 7.99. The number of hydrogen-bond acceptors (Lipinski definition) is 18. The summed E-state index contributed by atoms with van der Waals surface area (Å²) in [7, 11) is 0. The average Bonchev–Trinajstić information content (AvgIpc) is 0.979. The lowest BCUT2D eigenvalue weighted by atomic mass is 10.1. The molecule has 0 aromatic rings. The Morgan fingerprint density at radius 1 is 0.219 bits per heavy atom. The lowest BCUT2D eigenvalue weighted by Crippen LogP contribution is -2.31. The molecule has 18 nitrogen and oxygen atoms in total. The van der Waals surface area contributed by atoms with Crippen molar-refractivity contribution >= 4 is 94.3 Å². The van der Waals surface area contributed by atoms with Crippen LogP contribution in [-0.4, -0.2) is 195 Å². The highest BCUT2D eigenvalue weighted by atomic mass is 32.2. The molecule has 670 valence electrons. The number of amidine groups is 4. The Balaban J connectivity index is 5.46. The van der Waals surface area contributed by atoms with E-state index in [-0.39, 0.29) is 23.9 Å². The van der Waals surface area contributed by atoms with Gasteiger partial charge in [0.25, 0.3) is 0 Å². The molecule has 0 aromatic carbocycles. The molecular weight excluding hydrogens is 1500 g/mol. The molecule has 8 N–H and O–H groups in total. The molecule has 0 amide bonds. The molecule has 0 bridgehead atoms. The molecule has 0 heterocycles. The number of unbranched alkanes of at least 4 members (excludes halogenated alkanes) is 37. The standard InChI is InChI=1S/C92H180N10O8S4/c1-5-9-13-17-21-25-29-33-37-43-73-107-89(103)59-81-111-77-47-55-85(93)97-63-51-69-101(70-52-64-98-86(94)56-48-78-112-82-60-90(104)108-74-44-38-34-30-26-22-18-14-10-6-2)67-41-42-68-102(71-53-65-99-87(95)57-49-79-113-83-61-91(105)109-75-45-39-35-31-27-23-19-15-11-7-3)72-54-66-100-88(96)58-50-80-114-84-62-92(106)110-76-46-40-36-32-28-24-20-16-12-8-4/h5-84H2,1-4H3,(H2,93,97)(H2,94,98)(H2,95,99)(H2,96,100). The highest BCUT2D eigenvalue weighted by Crippen LogP contribution is 2.18. The lowest BCUT2D eigenvalue weighted by Gasteiger charge is -2.24. The van der Waals surface area contributed by atoms with E-state index in [2.05, 4.69) is 37.5 Å². The van der Waals surface area contributed by atoms with E-state index < -0.39 is 0 Å². The predicted molar refractivity (Wildman–Crippen MR) is 502 cm³/mol. The molecule has 0 saturated carbocycles. The molecule has 114 heavy (non-hydrogen) atoms. The minimum Gasteiger partial charge on any atom is -0.466 e. The smallest absolute Gasteiger partial charge is 0.306 e. The molecule has 0 atom stereocenters. The molecule has 0 rings (SSSR count). The first kappa shape index (κ1) is 111. The zero-order valence-corrected chi connectivity index (χ0v) is 77.7. The van der Waals surface area contributed by atoms with E-state index in [4.69, 9.17) is 61.9 Å². The maximum Gasteiger partial charge on any atom is 0.306 e. The van der Waals surface area contributed by atoms with Gasteiger partial charge in [-0.25, -0.2) is 0 Å². The van der Waals surface area contributed by atoms with Crippen LogP contribution < -0.4 is 22.9 Å². The zero-order chi connectivity index (χ0) is 82.8. The van der Waals surface area contributed by atoms with Crippen molar-refractivity contribution in [1.82, 2.24) is 9.80 Å². The number of carbonyl (C=O) groups is 4. The summed E-state index contributed by atoms with van der Waals surface area (Å²) < 4.78 is 22.1. The fourth-order valence-corrected chi connectivity index (χ4v) is 17.0. The number of nitrogens with zero attached hydrogens (tertiary/aromatic N) is 6. The highest BCUT2D eigenvalue weighted by Gasteiger charge is 2.12. The first-order chi connectivity index (χ1) is 55.9. The molecule has 22 heteroatoms. The van der Waals surface area contributed by atoms with Gasteiger partial charge in [0.15, 0.2) is 0 Å². The molecule has 0 radical (unpaired) electrons. The van der Waals surface area contributed by atoms with Gasteiger partial charge in [-0.15, -0.1) is 0 Å². The summed E-state index contributed by atoms with van der Waals surface area (Å²) in [6, 6.07) is 0. The van der Waals surface area contributed by atoms with E-state index in [9.17, 15) is 19.2 Å². The Morgan fingerprint density at radius 3 is 0.588 bits per heavy atom. The van der Waals surface area contributed by atoms with Gasteiger partial charge in [0.05, 0.1) is 75.5 Å². The van der Waals surface area contributed by atoms with Gasteiger partial charge in [-0.1, -0.05) is 259 Å². The SMILES string of the molecule is CCCCCCCCCCCCOC(=O)CCSCCCC(N)=NCCCN(CCCCN(CCCN=C(N)CCCSCCC(=O)OCCCCCCCCCCCC)CCCN=C(N)CCCSCCC(=O)OCCCCCCCCCCCC)CCCN=C(N)CCCSCCC(=O)OCCCCCCCCCCCC. The first-order valence-electron chi connectivity index (χ1n) is 47.5. The normalized spacial score (nSPS) is 12.3. The summed E-state index contributed by atoms with van der Waals surface area (Å²) in [4.78, 5) is 73.8. The van der Waals surface area contributed by atoms with E-state index in [0.717, 1.165) is 227 Å². The lowest BCUT2D eigenvalue weighted by molar-refractivity contribution is -0.144. The van der Waals surface area contributed by atoms with Gasteiger partial charge in [-0.2, -0.15) is 47.0 Å². The number of nitrogens with two attached hydrogens (primary N) is 4. The Labute approximate surface area is 718 Å². The van der Waals surface area contributed by atoms with Crippen LogP contribution in [0.1, 0.15) is 400 Å². The molecular formula is C92H180N10O8S4. The van der Waals surface area contributed by atoms with Crippen LogP contribution in [-0.2, 0) is 38.1 Å². The van der Waals surface area contributed by atoms with Crippen LogP contribution in [0.25, 0.3) is 0 Å². The van der Waals surface area contributed by atoms with E-state index in [1.807, 2.05) is 0 Å². The number of esters is 4. The third kappa shape index (κ3) is 88.4. The Morgan fingerprint density at radius 2 is 0.395 bits per heavy atom. The minimum absolute atomic E-state index is 0.0880. The number of hydrogen-bond donors (Lipinski definition) is 4. The van der Waals surface area contributed by atoms with Crippen molar-refractivity contribution in [2.75, 3.05) is 138 Å². The molecule has 0 fully saturated rings. The summed E-state index contributed by atoms with van der Waals surface area (Å²) in [6.45, 7) is 19.6. The summed E-state index contributed by atoms with van der Waals surface area (Å²) in [5.41, 5.74) is 25.9. The van der Waals surface area contributed by atoms with Gasteiger partial charge < -0.3 is 51.7 Å². The van der Waals surface area contributed by atoms with Crippen LogP contribution in [0.5, 0.6) is 0 Å². The monoisotopic (exact) mass is 1680 g/mol. The van der Waals surface area contributed by atoms with Crippen molar-refractivity contribution in [2.24, 2.45) is 42.9 Å². The molecule has 0 aromatic heterocycles. The van der Waals surface area contributed by atoms with Gasteiger partial charge in [0.2, 0.25) is 0 Å². The molecule has 0 spiro atoms. The van der Waals surface area contributed by atoms with Gasteiger partial charge in [0.1, 0.15) is 0 Å². The van der Waals surface area contributed by atoms with Gasteiger partial charge in [0, 0.05) is 74.9 Å². The second kappa shape index (κ2) is 92.4. The van der Waals surface area contributed by atoms with E-state index in [1.165, 1.54) is 205 Å². The van der Waals surface area contributed by atoms with Crippen molar-refractivity contribution in [3.8, 4) is 0 Å². The zero-order valence-electron chi connectivity index (χ0n) is 74.5. The maximum atomic E-state index is 12.4. The molecule has 0 saturated heterocycles. The summed E-state index contributed by atoms with van der Waals surface area (Å²) >= 11 is 7.14. The van der Waals surface area contributed by atoms with Crippen LogP contribution in [0.2, 0.25) is 0 Å². The summed E-state index contributed by atoms with van der Waals surface area (Å²) in [5.74, 6) is 9.26. The second-order valence-corrected chi connectivity index (χ2v) is 36.7. The van der Waals surface area contributed by atoms with Gasteiger partial charge in [-0.05, 0) is 152 Å². The van der Waals surface area contributed by atoms with Crippen LogP contribution >= 0.6 is 47.0 Å². The molecule has 0 aliphatic carbocycles. The van der Waals surface area contributed by atoms with Gasteiger partial charge >= 0.3 is 23.9 Å². The Hall–Kier alpha value is -2.92. The van der Waals surface area contributed by atoms with Crippen molar-refractivity contribution in [3.05, 3.63) is 0 Å². The number of ether oxygens (including phenoxy) is 4. The number of thioether (sulfide) groups is 4. The fraction of sp³-hybridized carbons (Fsp3) is 0.913. The minimum atomic E-state index is -0.0880. The second-order valence-electron chi connectivity index (χ2n) is 31.8. The Kier molecular flexibility index (Phi) is 90.0. The van der Waals surface area contributed by atoms with Crippen LogP contribution in [0.4, 0.5) is 0 Å². The van der Waals surface area contributed by atoms with Crippen LogP contribution in [0, 0.1) is 0 Å². The van der Waals surface area contributed by atoms with Crippen molar-refractivity contribution < 1.29 is 38.1 Å². The first-order valence-corrected chi connectivity index (χ1v) is 52.1. The summed E-state index contributed by atoms with van der Waals surface area (Å²) in [5, 5.41) is 0. The third-order valence-electron chi connectivity index (χ3n) is 20.7.